The fourth-order valence-electron chi connectivity index (χ4n) is 3.89. The van der Waals surface area contributed by atoms with E-state index in [1.165, 1.54) is 22.4 Å². The Balaban J connectivity index is 1.54. The van der Waals surface area contributed by atoms with Crippen LogP contribution in [0.2, 0.25) is 0 Å². The van der Waals surface area contributed by atoms with Crippen molar-refractivity contribution < 1.29 is 4.21 Å². The van der Waals surface area contributed by atoms with Crippen molar-refractivity contribution in [2.45, 2.75) is 25.9 Å². The Bertz CT molecular complexity index is 1050. The Kier molecular flexibility index (Phi) is 3.56. The van der Waals surface area contributed by atoms with E-state index in [-0.39, 0.29) is 6.04 Å². The maximum atomic E-state index is 11.7. The molecule has 2 aliphatic rings. The van der Waals surface area contributed by atoms with E-state index in [1.54, 1.807) is 0 Å². The predicted molar refractivity (Wildman–Crippen MR) is 103 cm³/mol. The lowest BCUT2D eigenvalue weighted by atomic mass is 9.93. The minimum absolute atomic E-state index is 0.188. The molecule has 0 saturated heterocycles. The Morgan fingerprint density at radius 1 is 1.35 bits per heavy atom. The third kappa shape index (κ3) is 2.34. The first kappa shape index (κ1) is 15.6. The molecule has 7 heteroatoms. The molecule has 0 amide bonds. The molecule has 0 radical (unpaired) electrons. The molecule has 2 aromatic heterocycles. The second-order valence-electron chi connectivity index (χ2n) is 6.56. The summed E-state index contributed by atoms with van der Waals surface area (Å²) in [5.74, 6) is 1.23. The van der Waals surface area contributed by atoms with Gasteiger partial charge >= 0.3 is 0 Å². The van der Waals surface area contributed by atoms with Gasteiger partial charge in [-0.1, -0.05) is 31.2 Å². The fraction of sp³-hybridized carbons (Fsp3) is 0.263. The van der Waals surface area contributed by atoms with E-state index >= 15 is 0 Å². The van der Waals surface area contributed by atoms with Gasteiger partial charge in [0, 0.05) is 23.9 Å². The van der Waals surface area contributed by atoms with Crippen LogP contribution in [0.4, 0.5) is 5.82 Å². The van der Waals surface area contributed by atoms with Crippen LogP contribution in [0.3, 0.4) is 0 Å². The Labute approximate surface area is 154 Å². The molecule has 0 bridgehead atoms. The molecule has 26 heavy (non-hydrogen) atoms. The molecule has 0 fully saturated rings. The van der Waals surface area contributed by atoms with Crippen molar-refractivity contribution >= 4 is 22.9 Å². The number of benzene rings is 1. The average molecular weight is 365 g/mol. The first-order valence-electron chi connectivity index (χ1n) is 8.79. The van der Waals surface area contributed by atoms with E-state index in [0.29, 0.717) is 11.6 Å². The monoisotopic (exact) mass is 365 g/mol. The van der Waals surface area contributed by atoms with Crippen LogP contribution in [-0.4, -0.2) is 29.3 Å². The van der Waals surface area contributed by atoms with Gasteiger partial charge in [0.25, 0.3) is 0 Å². The van der Waals surface area contributed by atoms with Gasteiger partial charge in [0.15, 0.2) is 5.82 Å². The molecule has 3 aromatic rings. The van der Waals surface area contributed by atoms with E-state index < -0.39 is 11.0 Å². The Hall–Kier alpha value is -2.67. The first-order chi connectivity index (χ1) is 12.7. The molecule has 4 heterocycles. The molecular weight excluding hydrogens is 346 g/mol. The highest BCUT2D eigenvalue weighted by molar-refractivity contribution is 7.86. The third-order valence-electron chi connectivity index (χ3n) is 5.06. The van der Waals surface area contributed by atoms with Crippen LogP contribution in [0.25, 0.3) is 17.3 Å². The van der Waals surface area contributed by atoms with Crippen molar-refractivity contribution in [2.75, 3.05) is 10.5 Å². The number of aromatic nitrogens is 4. The smallest absolute Gasteiger partial charge is 0.160 e. The van der Waals surface area contributed by atoms with Gasteiger partial charge in [0.1, 0.15) is 11.0 Å². The summed E-state index contributed by atoms with van der Waals surface area (Å²) < 4.78 is 18.9. The van der Waals surface area contributed by atoms with Crippen LogP contribution in [0.5, 0.6) is 0 Å². The minimum atomic E-state index is -1.08. The number of nitrogens with zero attached hydrogens (tertiary/aromatic N) is 4. The molecule has 2 aliphatic heterocycles. The number of allylic oxidation sites excluding steroid dienone is 1. The molecular formula is C19H19N5OS. The van der Waals surface area contributed by atoms with Gasteiger partial charge in [-0.2, -0.15) is 5.10 Å². The SMILES string of the molecule is CCS(=O)Nc1cc2n(n1)CCC(C1c3ccccc3-c3cncn31)=C2. The van der Waals surface area contributed by atoms with Crippen LogP contribution < -0.4 is 4.72 Å². The number of rotatable bonds is 4. The zero-order valence-corrected chi connectivity index (χ0v) is 15.2. The van der Waals surface area contributed by atoms with Crippen molar-refractivity contribution in [3.05, 3.63) is 59.7 Å². The Morgan fingerprint density at radius 3 is 3.12 bits per heavy atom. The molecule has 132 valence electrons. The van der Waals surface area contributed by atoms with Gasteiger partial charge in [0.05, 0.1) is 30.0 Å². The van der Waals surface area contributed by atoms with E-state index in [2.05, 4.69) is 49.7 Å². The molecule has 1 aromatic carbocycles. The van der Waals surface area contributed by atoms with Crippen molar-refractivity contribution in [2.24, 2.45) is 0 Å². The molecule has 2 unspecified atom stereocenters. The zero-order valence-electron chi connectivity index (χ0n) is 14.4. The molecule has 5 rings (SSSR count). The van der Waals surface area contributed by atoms with Gasteiger partial charge in [0.2, 0.25) is 0 Å². The average Bonchev–Trinajstić information content (AvgIpc) is 3.34. The quantitative estimate of drug-likeness (QED) is 0.772. The van der Waals surface area contributed by atoms with Gasteiger partial charge in [-0.25, -0.2) is 9.19 Å². The van der Waals surface area contributed by atoms with Crippen molar-refractivity contribution in [3.8, 4) is 11.3 Å². The summed E-state index contributed by atoms with van der Waals surface area (Å²) >= 11 is 0. The summed E-state index contributed by atoms with van der Waals surface area (Å²) in [7, 11) is -1.08. The number of aryl methyl sites for hydroxylation is 1. The summed E-state index contributed by atoms with van der Waals surface area (Å²) in [6.07, 6.45) is 7.01. The zero-order chi connectivity index (χ0) is 17.7. The number of imidazole rings is 1. The fourth-order valence-corrected chi connectivity index (χ4v) is 4.37. The van der Waals surface area contributed by atoms with Crippen LogP contribution >= 0.6 is 0 Å². The maximum Gasteiger partial charge on any atom is 0.160 e. The van der Waals surface area contributed by atoms with E-state index in [9.17, 15) is 4.21 Å². The van der Waals surface area contributed by atoms with Gasteiger partial charge in [-0.3, -0.25) is 9.40 Å². The highest BCUT2D eigenvalue weighted by atomic mass is 32.2. The highest BCUT2D eigenvalue weighted by Gasteiger charge is 2.31. The summed E-state index contributed by atoms with van der Waals surface area (Å²) in [5, 5.41) is 4.53. The van der Waals surface area contributed by atoms with E-state index in [4.69, 9.17) is 0 Å². The molecule has 0 spiro atoms. The lowest BCUT2D eigenvalue weighted by Crippen LogP contribution is -2.15. The number of hydrogen-bond donors (Lipinski definition) is 1. The highest BCUT2D eigenvalue weighted by Crippen LogP contribution is 2.44. The van der Waals surface area contributed by atoms with E-state index in [0.717, 1.165) is 18.7 Å². The number of fused-ring (bicyclic) bond motifs is 4. The molecule has 0 aliphatic carbocycles. The normalized spacial score (nSPS) is 18.7. The first-order valence-corrected chi connectivity index (χ1v) is 10.1. The summed E-state index contributed by atoms with van der Waals surface area (Å²) in [4.78, 5) is 4.35. The molecule has 1 N–H and O–H groups in total. The topological polar surface area (TPSA) is 64.7 Å². The minimum Gasteiger partial charge on any atom is -0.319 e. The second-order valence-corrected chi connectivity index (χ2v) is 8.03. The lowest BCUT2D eigenvalue weighted by Gasteiger charge is -2.22. The molecule has 0 saturated carbocycles. The van der Waals surface area contributed by atoms with Gasteiger partial charge in [-0.15, -0.1) is 0 Å². The number of hydrogen-bond acceptors (Lipinski definition) is 3. The van der Waals surface area contributed by atoms with Gasteiger partial charge < -0.3 is 4.57 Å². The molecule has 2 atom stereocenters. The standard InChI is InChI=1S/C19H19N5OS/c1-2-26(25)22-18-10-14-9-13(7-8-24(14)21-18)19-16-6-4-3-5-15(16)17-11-20-12-23(17)19/h3-6,9-12,19H,2,7-8H2,1H3,(H,21,22). The van der Waals surface area contributed by atoms with Crippen LogP contribution in [0.15, 0.2) is 48.4 Å². The van der Waals surface area contributed by atoms with Gasteiger partial charge in [-0.05, 0) is 23.6 Å². The second kappa shape index (κ2) is 5.95. The summed E-state index contributed by atoms with van der Waals surface area (Å²) in [6, 6.07) is 10.7. The van der Waals surface area contributed by atoms with Crippen molar-refractivity contribution in [1.29, 1.82) is 0 Å². The van der Waals surface area contributed by atoms with E-state index in [1.807, 2.05) is 30.2 Å². The molecule has 6 nitrogen and oxygen atoms in total. The largest absolute Gasteiger partial charge is 0.319 e. The number of nitrogens with one attached hydrogen (secondary N) is 1. The van der Waals surface area contributed by atoms with Crippen LogP contribution in [0, 0.1) is 0 Å². The summed E-state index contributed by atoms with van der Waals surface area (Å²) in [6.45, 7) is 2.71. The van der Waals surface area contributed by atoms with Crippen LogP contribution in [0.1, 0.15) is 30.6 Å². The maximum absolute atomic E-state index is 11.7. The summed E-state index contributed by atoms with van der Waals surface area (Å²) in [5.41, 5.74) is 6.16. The van der Waals surface area contributed by atoms with Crippen molar-refractivity contribution in [3.63, 3.8) is 0 Å². The van der Waals surface area contributed by atoms with Crippen LogP contribution in [-0.2, 0) is 17.5 Å². The lowest BCUT2D eigenvalue weighted by molar-refractivity contribution is 0.559. The van der Waals surface area contributed by atoms with Crippen molar-refractivity contribution in [1.82, 2.24) is 19.3 Å². The predicted octanol–water partition coefficient (Wildman–Crippen LogP) is 3.23. The third-order valence-corrected chi connectivity index (χ3v) is 6.03. The number of anilines is 1. The Morgan fingerprint density at radius 2 is 2.23 bits per heavy atom.